The number of carbonyl (C=O) groups excluding carboxylic acids is 4. The molecule has 2 aromatic heterocycles. The van der Waals surface area contributed by atoms with Gasteiger partial charge >= 0.3 is 6.09 Å². The van der Waals surface area contributed by atoms with Crippen LogP contribution in [0.2, 0.25) is 0 Å². The van der Waals surface area contributed by atoms with Gasteiger partial charge in [-0.05, 0) is 111 Å². The molecule has 1 aromatic carbocycles. The summed E-state index contributed by atoms with van der Waals surface area (Å²) in [5.74, 6) is 0.927. The minimum Gasteiger partial charge on any atom is -0.410 e. The molecular weight excluding hydrogens is 781 g/mol. The van der Waals surface area contributed by atoms with Crippen molar-refractivity contribution < 1.29 is 33.4 Å². The highest BCUT2D eigenvalue weighted by Gasteiger charge is 2.22. The number of aldehydes is 1. The molecule has 11 heteroatoms. The van der Waals surface area contributed by atoms with Crippen LogP contribution >= 0.6 is 0 Å². The molecule has 366 valence electrons. The van der Waals surface area contributed by atoms with Crippen LogP contribution in [0.5, 0.6) is 5.75 Å². The Morgan fingerprint density at radius 3 is 1.52 bits per heavy atom. The van der Waals surface area contributed by atoms with Crippen molar-refractivity contribution in [2.45, 2.75) is 211 Å². The molecule has 3 rings (SSSR count). The number of imidazole rings is 1. The molecule has 0 atom stereocenters. The molecule has 2 amide bonds. The van der Waals surface area contributed by atoms with Crippen LogP contribution in [0.4, 0.5) is 10.5 Å². The maximum Gasteiger partial charge on any atom is 0.413 e. The van der Waals surface area contributed by atoms with Crippen molar-refractivity contribution in [3.8, 4) is 5.75 Å². The third-order valence-corrected chi connectivity index (χ3v) is 5.94. The fourth-order valence-corrected chi connectivity index (χ4v) is 3.58. The lowest BCUT2D eigenvalue weighted by Crippen LogP contribution is -2.45. The summed E-state index contributed by atoms with van der Waals surface area (Å²) >= 11 is 0. The van der Waals surface area contributed by atoms with Gasteiger partial charge in [-0.2, -0.15) is 0 Å². The zero-order valence-corrected chi connectivity index (χ0v) is 45.0. The van der Waals surface area contributed by atoms with Crippen LogP contribution in [-0.4, -0.2) is 64.4 Å². The summed E-state index contributed by atoms with van der Waals surface area (Å²) < 4.78 is 17.9. The molecule has 2 N–H and O–H groups in total. The molecule has 3 aromatic rings. The van der Waals surface area contributed by atoms with E-state index in [1.54, 1.807) is 53.2 Å². The number of amides is 2. The lowest BCUT2D eigenvalue weighted by atomic mass is 10.0. The van der Waals surface area contributed by atoms with Crippen molar-refractivity contribution in [2.24, 2.45) is 5.92 Å². The number of rotatable bonds is 13. The van der Waals surface area contributed by atoms with Crippen LogP contribution in [-0.2, 0) is 14.3 Å². The van der Waals surface area contributed by atoms with E-state index < -0.39 is 11.6 Å². The van der Waals surface area contributed by atoms with Gasteiger partial charge in [0.2, 0.25) is 0 Å². The summed E-state index contributed by atoms with van der Waals surface area (Å²) in [4.78, 5) is 49.2. The predicted molar refractivity (Wildman–Crippen MR) is 272 cm³/mol. The molecule has 2 heterocycles. The summed E-state index contributed by atoms with van der Waals surface area (Å²) in [6.07, 6.45) is 5.68. The minimum absolute atomic E-state index is 0.132. The number of carbonyl (C=O) groups is 4. The lowest BCUT2D eigenvalue weighted by Gasteiger charge is -2.26. The molecule has 0 saturated carbocycles. The molecule has 0 fully saturated rings. The van der Waals surface area contributed by atoms with Crippen molar-refractivity contribution in [3.05, 3.63) is 60.0 Å². The molecule has 0 aliphatic carbocycles. The van der Waals surface area contributed by atoms with Crippen LogP contribution < -0.4 is 15.4 Å². The number of anilines is 1. The van der Waals surface area contributed by atoms with Crippen molar-refractivity contribution >= 4 is 35.4 Å². The molecule has 0 radical (unpaired) electrons. The van der Waals surface area contributed by atoms with Crippen molar-refractivity contribution in [2.75, 3.05) is 18.5 Å². The third-order valence-electron chi connectivity index (χ3n) is 5.94. The largest absolute Gasteiger partial charge is 0.413 e. The first kappa shape index (κ1) is 75.3. The maximum absolute atomic E-state index is 12.6. The lowest BCUT2D eigenvalue weighted by molar-refractivity contribution is -0.115. The quantitative estimate of drug-likeness (QED) is 0.162. The number of ketones is 1. The Labute approximate surface area is 383 Å². The first-order valence-corrected chi connectivity index (χ1v) is 23.6. The van der Waals surface area contributed by atoms with Gasteiger partial charge in [-0.3, -0.25) is 9.59 Å². The predicted octanol–water partition coefficient (Wildman–Crippen LogP) is 15.3. The zero-order chi connectivity index (χ0) is 50.9. The smallest absolute Gasteiger partial charge is 0.410 e. The SMILES string of the molecule is CC.CC.CC.CC.CC.CC.CC.CC.CC(C)=O.CC(C)CCOC(C)C.CC(C)OCCC(C)(C)NC(=O)Oc1ccc(C(=O)Nc2ccc3nc(C=O)cn3c2)cc1. The van der Waals surface area contributed by atoms with E-state index in [4.69, 9.17) is 14.2 Å². The molecule has 0 bridgehead atoms. The van der Waals surface area contributed by atoms with E-state index in [1.807, 2.05) is 138 Å². The Bertz CT molecular complexity index is 1370. The average Bonchev–Trinajstić information content (AvgIpc) is 3.69. The van der Waals surface area contributed by atoms with Gasteiger partial charge in [0, 0.05) is 36.7 Å². The second-order valence-electron chi connectivity index (χ2n) is 12.5. The first-order valence-electron chi connectivity index (χ1n) is 23.6. The van der Waals surface area contributed by atoms with Crippen LogP contribution in [0, 0.1) is 5.92 Å². The fourth-order valence-electron chi connectivity index (χ4n) is 3.58. The second-order valence-corrected chi connectivity index (χ2v) is 12.5. The Morgan fingerprint density at radius 1 is 0.677 bits per heavy atom. The number of hydrogen-bond acceptors (Lipinski definition) is 8. The summed E-state index contributed by atoms with van der Waals surface area (Å²) in [6.45, 7) is 52.8. The van der Waals surface area contributed by atoms with E-state index in [-0.39, 0.29) is 17.8 Å². The number of aromatic nitrogens is 2. The second kappa shape index (κ2) is 54.9. The van der Waals surface area contributed by atoms with Crippen LogP contribution in [0.3, 0.4) is 0 Å². The topological polar surface area (TPSA) is 137 Å². The molecule has 62 heavy (non-hydrogen) atoms. The van der Waals surface area contributed by atoms with E-state index in [0.29, 0.717) is 53.8 Å². The summed E-state index contributed by atoms with van der Waals surface area (Å²) in [6, 6.07) is 9.65. The van der Waals surface area contributed by atoms with Gasteiger partial charge in [-0.25, -0.2) is 9.78 Å². The minimum atomic E-state index is -0.579. The van der Waals surface area contributed by atoms with Gasteiger partial charge in [0.15, 0.2) is 6.29 Å². The number of ether oxygens (including phenoxy) is 3. The van der Waals surface area contributed by atoms with Gasteiger partial charge in [0.25, 0.3) is 5.91 Å². The summed E-state index contributed by atoms with van der Waals surface area (Å²) in [7, 11) is 0. The number of hydrogen-bond donors (Lipinski definition) is 2. The molecule has 11 nitrogen and oxygen atoms in total. The molecular formula is C51H100N4O7. The van der Waals surface area contributed by atoms with Gasteiger partial charge in [0.05, 0.1) is 17.9 Å². The zero-order valence-electron chi connectivity index (χ0n) is 45.0. The number of nitrogens with one attached hydrogen (secondary N) is 2. The molecule has 0 aliphatic rings. The summed E-state index contributed by atoms with van der Waals surface area (Å²) in [5.41, 5.74) is 1.36. The highest BCUT2D eigenvalue weighted by Crippen LogP contribution is 2.17. The number of benzene rings is 1. The highest BCUT2D eigenvalue weighted by molar-refractivity contribution is 6.04. The normalized spacial score (nSPS) is 8.92. The van der Waals surface area contributed by atoms with E-state index in [2.05, 4.69) is 43.3 Å². The third kappa shape index (κ3) is 48.6. The van der Waals surface area contributed by atoms with E-state index >= 15 is 0 Å². The Kier molecular flexibility index (Phi) is 66.7. The maximum atomic E-state index is 12.6. The van der Waals surface area contributed by atoms with Crippen LogP contribution in [0.25, 0.3) is 5.65 Å². The van der Waals surface area contributed by atoms with Gasteiger partial charge in [-0.1, -0.05) is 125 Å². The van der Waals surface area contributed by atoms with E-state index in [9.17, 15) is 19.2 Å². The Morgan fingerprint density at radius 2 is 1.11 bits per heavy atom. The first-order chi connectivity index (χ1) is 29.5. The fraction of sp³-hybridized carbons (Fsp3) is 0.667. The van der Waals surface area contributed by atoms with Crippen LogP contribution in [0.15, 0.2) is 48.8 Å². The monoisotopic (exact) mass is 881 g/mol. The van der Waals surface area contributed by atoms with Crippen molar-refractivity contribution in [3.63, 3.8) is 0 Å². The summed E-state index contributed by atoms with van der Waals surface area (Å²) in [5, 5.41) is 5.61. The molecule has 0 spiro atoms. The molecule has 0 aliphatic heterocycles. The van der Waals surface area contributed by atoms with Gasteiger partial charge in [-0.15, -0.1) is 0 Å². The van der Waals surface area contributed by atoms with E-state index in [0.717, 1.165) is 12.5 Å². The van der Waals surface area contributed by atoms with Gasteiger partial charge in [0.1, 0.15) is 22.9 Å². The standard InChI is InChI=1S/C24H28N4O5.C8H18O.C3H6O.8C2H6/c1-16(2)32-12-11-24(3,4)27-23(31)33-20-8-5-17(6-9-20)22(30)26-18-7-10-21-25-19(15-29)14-28(21)13-18;1-7(2)5-6-9-8(3)4;1-3(2)4;8*1-2/h5-10,13-16H,11-12H2,1-4H3,(H,26,30)(H,27,31);7-8H,5-6H2,1-4H3;1-2H3;8*1-2H3. The van der Waals surface area contributed by atoms with Crippen LogP contribution in [0.1, 0.15) is 214 Å². The van der Waals surface area contributed by atoms with Crippen molar-refractivity contribution in [1.29, 1.82) is 0 Å². The molecule has 0 unspecified atom stereocenters. The van der Waals surface area contributed by atoms with E-state index in [1.165, 1.54) is 20.3 Å². The highest BCUT2D eigenvalue weighted by atomic mass is 16.6. The number of nitrogens with zero attached hydrogens (tertiary/aromatic N) is 2. The number of Topliss-reactive ketones (excluding diaryl/α,β-unsaturated/α-hetero) is 1. The Balaban J connectivity index is -0.000000139. The number of pyridine rings is 1. The van der Waals surface area contributed by atoms with Crippen molar-refractivity contribution in [1.82, 2.24) is 14.7 Å². The molecule has 0 saturated heterocycles. The van der Waals surface area contributed by atoms with Gasteiger partial charge < -0.3 is 34.0 Å². The number of fused-ring (bicyclic) bond motifs is 1. The average molecular weight is 881 g/mol. The Hall–Kier alpha value is -4.09.